The Morgan fingerprint density at radius 2 is 1.82 bits per heavy atom. The quantitative estimate of drug-likeness (QED) is 0.466. The van der Waals surface area contributed by atoms with Crippen LogP contribution in [-0.4, -0.2) is 60.1 Å². The van der Waals surface area contributed by atoms with Crippen molar-refractivity contribution in [2.75, 3.05) is 26.2 Å². The van der Waals surface area contributed by atoms with Gasteiger partial charge in [-0.25, -0.2) is 9.69 Å². The number of likely N-dealkylation sites (N-methyl/N-ethyl adjacent to an activating group) is 1. The molecule has 2 rings (SSSR count). The fourth-order valence-corrected chi connectivity index (χ4v) is 4.45. The van der Waals surface area contributed by atoms with E-state index in [0.29, 0.717) is 32.5 Å². The second-order valence-electron chi connectivity index (χ2n) is 8.67. The molecule has 1 heterocycles. The number of carbonyl (C=O) groups excluding carboxylic acids is 3. The Hall–Kier alpha value is -2.45. The molecule has 0 aromatic heterocycles. The van der Waals surface area contributed by atoms with E-state index in [9.17, 15) is 14.4 Å². The van der Waals surface area contributed by atoms with E-state index in [2.05, 4.69) is 12.2 Å². The van der Waals surface area contributed by atoms with Gasteiger partial charge in [0.1, 0.15) is 6.61 Å². The highest BCUT2D eigenvalue weighted by Crippen LogP contribution is 2.46. The molecule has 1 aromatic carbocycles. The summed E-state index contributed by atoms with van der Waals surface area (Å²) in [5.41, 5.74) is 6.93. The van der Waals surface area contributed by atoms with Gasteiger partial charge in [0.15, 0.2) is 6.23 Å². The Balaban J connectivity index is 2.18. The average molecular weight is 461 g/mol. The lowest BCUT2D eigenvalue weighted by Gasteiger charge is -2.53. The van der Waals surface area contributed by atoms with E-state index in [1.807, 2.05) is 52.0 Å². The zero-order valence-corrected chi connectivity index (χ0v) is 20.7. The van der Waals surface area contributed by atoms with Crippen molar-refractivity contribution in [3.63, 3.8) is 0 Å². The summed E-state index contributed by atoms with van der Waals surface area (Å²) >= 11 is 0. The number of amides is 4. The zero-order valence-electron chi connectivity index (χ0n) is 20.7. The number of β-lactam (4-membered cyclic amide) rings is 1. The Kier molecular flexibility index (Phi) is 9.86. The lowest BCUT2D eigenvalue weighted by atomic mass is 9.72. The second kappa shape index (κ2) is 12.1. The smallest absolute Gasteiger partial charge is 0.326 e. The van der Waals surface area contributed by atoms with Gasteiger partial charge in [-0.05, 0) is 38.7 Å². The van der Waals surface area contributed by atoms with Gasteiger partial charge in [-0.15, -0.1) is 0 Å². The number of likely N-dealkylation sites (tertiary alicyclic amines) is 1. The highest BCUT2D eigenvalue weighted by atomic mass is 16.5. The summed E-state index contributed by atoms with van der Waals surface area (Å²) in [6.07, 6.45) is 1.91. The molecule has 8 heteroatoms. The van der Waals surface area contributed by atoms with Crippen molar-refractivity contribution < 1.29 is 19.1 Å². The number of rotatable bonds is 12. The summed E-state index contributed by atoms with van der Waals surface area (Å²) in [7, 11) is 0. The predicted molar refractivity (Wildman–Crippen MR) is 128 cm³/mol. The van der Waals surface area contributed by atoms with E-state index >= 15 is 0 Å². The van der Waals surface area contributed by atoms with Crippen molar-refractivity contribution in [1.29, 1.82) is 0 Å². The van der Waals surface area contributed by atoms with Gasteiger partial charge in [-0.1, -0.05) is 57.0 Å². The first-order chi connectivity index (χ1) is 15.8. The molecule has 0 spiro atoms. The van der Waals surface area contributed by atoms with Crippen LogP contribution in [0.2, 0.25) is 0 Å². The third kappa shape index (κ3) is 5.73. The first-order valence-electron chi connectivity index (χ1n) is 12.1. The van der Waals surface area contributed by atoms with Crippen LogP contribution in [0.25, 0.3) is 0 Å². The van der Waals surface area contributed by atoms with Crippen LogP contribution in [0.15, 0.2) is 24.3 Å². The number of urea groups is 1. The Bertz CT molecular complexity index is 807. The van der Waals surface area contributed by atoms with Crippen molar-refractivity contribution >= 4 is 17.8 Å². The minimum atomic E-state index is -0.799. The standard InChI is InChI=1S/C25H40N4O4/c1-6-10-20(19-13-11-18(5)12-14-19)27-24(32)29-22(31)25(7-2,8-3)23(29)33-17-21(30)28(9-4)16-15-26/h11-14,20,23H,6-10,15-17,26H2,1-5H3,(H,27,32)/t20-,23+/m1/s1. The van der Waals surface area contributed by atoms with E-state index in [1.165, 1.54) is 0 Å². The lowest BCUT2D eigenvalue weighted by molar-refractivity contribution is -0.212. The van der Waals surface area contributed by atoms with E-state index < -0.39 is 17.7 Å². The number of aryl methyl sites for hydroxylation is 1. The topological polar surface area (TPSA) is 105 Å². The van der Waals surface area contributed by atoms with Gasteiger partial charge in [0, 0.05) is 19.6 Å². The number of imide groups is 1. The summed E-state index contributed by atoms with van der Waals surface area (Å²) in [4.78, 5) is 41.7. The summed E-state index contributed by atoms with van der Waals surface area (Å²) < 4.78 is 5.95. The third-order valence-electron chi connectivity index (χ3n) is 6.69. The molecule has 8 nitrogen and oxygen atoms in total. The molecule has 0 aliphatic carbocycles. The van der Waals surface area contributed by atoms with Crippen LogP contribution in [0.5, 0.6) is 0 Å². The molecule has 1 saturated heterocycles. The zero-order chi connectivity index (χ0) is 24.6. The second-order valence-corrected chi connectivity index (χ2v) is 8.67. The molecular weight excluding hydrogens is 420 g/mol. The number of nitrogens with zero attached hydrogens (tertiary/aromatic N) is 2. The predicted octanol–water partition coefficient (Wildman–Crippen LogP) is 3.34. The molecule has 3 N–H and O–H groups in total. The molecule has 184 valence electrons. The van der Waals surface area contributed by atoms with Gasteiger partial charge in [0.05, 0.1) is 11.5 Å². The van der Waals surface area contributed by atoms with Crippen LogP contribution in [0.3, 0.4) is 0 Å². The van der Waals surface area contributed by atoms with Gasteiger partial charge >= 0.3 is 6.03 Å². The van der Waals surface area contributed by atoms with Crippen LogP contribution in [-0.2, 0) is 14.3 Å². The molecule has 2 atom stereocenters. The number of ether oxygens (including phenoxy) is 1. The van der Waals surface area contributed by atoms with Crippen LogP contribution in [0.4, 0.5) is 4.79 Å². The lowest BCUT2D eigenvalue weighted by Crippen LogP contribution is -2.72. The summed E-state index contributed by atoms with van der Waals surface area (Å²) in [6, 6.07) is 7.33. The fourth-order valence-electron chi connectivity index (χ4n) is 4.45. The third-order valence-corrected chi connectivity index (χ3v) is 6.69. The number of benzene rings is 1. The van der Waals surface area contributed by atoms with Gasteiger partial charge in [0.2, 0.25) is 11.8 Å². The molecule has 1 aliphatic rings. The van der Waals surface area contributed by atoms with E-state index in [-0.39, 0.29) is 24.5 Å². The largest absolute Gasteiger partial charge is 0.347 e. The number of carbonyl (C=O) groups is 3. The van der Waals surface area contributed by atoms with Crippen molar-refractivity contribution in [3.8, 4) is 0 Å². The molecule has 0 radical (unpaired) electrons. The summed E-state index contributed by atoms with van der Waals surface area (Å²) in [6.45, 7) is 10.9. The molecule has 4 amide bonds. The van der Waals surface area contributed by atoms with Crippen molar-refractivity contribution in [3.05, 3.63) is 35.4 Å². The number of nitrogens with two attached hydrogens (primary N) is 1. The van der Waals surface area contributed by atoms with E-state index in [0.717, 1.165) is 28.9 Å². The van der Waals surface area contributed by atoms with Gasteiger partial charge in [-0.2, -0.15) is 0 Å². The monoisotopic (exact) mass is 460 g/mol. The number of nitrogens with one attached hydrogen (secondary N) is 1. The maximum atomic E-state index is 13.2. The van der Waals surface area contributed by atoms with Crippen molar-refractivity contribution in [1.82, 2.24) is 15.1 Å². The maximum absolute atomic E-state index is 13.2. The fraction of sp³-hybridized carbons (Fsp3) is 0.640. The highest BCUT2D eigenvalue weighted by molar-refractivity contribution is 6.03. The molecule has 0 saturated carbocycles. The van der Waals surface area contributed by atoms with Crippen LogP contribution < -0.4 is 11.1 Å². The molecule has 0 bridgehead atoms. The molecule has 33 heavy (non-hydrogen) atoms. The molecular formula is C25H40N4O4. The van der Waals surface area contributed by atoms with Crippen LogP contribution >= 0.6 is 0 Å². The van der Waals surface area contributed by atoms with Gasteiger partial charge in [-0.3, -0.25) is 9.59 Å². The first kappa shape index (κ1) is 26.8. The maximum Gasteiger partial charge on any atom is 0.326 e. The van der Waals surface area contributed by atoms with Gasteiger partial charge < -0.3 is 20.7 Å². The number of hydrogen-bond acceptors (Lipinski definition) is 5. The summed E-state index contributed by atoms with van der Waals surface area (Å²) in [5, 5.41) is 3.02. The molecule has 1 aliphatic heterocycles. The average Bonchev–Trinajstić information content (AvgIpc) is 2.81. The van der Waals surface area contributed by atoms with Crippen LogP contribution in [0.1, 0.15) is 70.5 Å². The number of hydrogen-bond donors (Lipinski definition) is 2. The van der Waals surface area contributed by atoms with E-state index in [1.54, 1.807) is 4.90 Å². The van der Waals surface area contributed by atoms with Crippen molar-refractivity contribution in [2.45, 2.75) is 72.6 Å². The van der Waals surface area contributed by atoms with Crippen LogP contribution in [0, 0.1) is 12.3 Å². The first-order valence-corrected chi connectivity index (χ1v) is 12.1. The Morgan fingerprint density at radius 3 is 2.33 bits per heavy atom. The normalized spacial score (nSPS) is 17.9. The summed E-state index contributed by atoms with van der Waals surface area (Å²) in [5.74, 6) is -0.455. The molecule has 1 fully saturated rings. The minimum Gasteiger partial charge on any atom is -0.347 e. The Morgan fingerprint density at radius 1 is 1.18 bits per heavy atom. The molecule has 0 unspecified atom stereocenters. The highest BCUT2D eigenvalue weighted by Gasteiger charge is 2.62. The van der Waals surface area contributed by atoms with Crippen molar-refractivity contribution in [2.24, 2.45) is 11.1 Å². The van der Waals surface area contributed by atoms with Gasteiger partial charge in [0.25, 0.3) is 0 Å². The Labute approximate surface area is 197 Å². The molecule has 1 aromatic rings. The minimum absolute atomic E-state index is 0.201. The van der Waals surface area contributed by atoms with E-state index in [4.69, 9.17) is 10.5 Å². The SMILES string of the molecule is CCC[C@@H](NC(=O)N1C(=O)C(CC)(CC)[C@@H]1OCC(=O)N(CC)CCN)c1ccc(C)cc1.